The van der Waals surface area contributed by atoms with Crippen molar-refractivity contribution in [2.24, 2.45) is 0 Å². The van der Waals surface area contributed by atoms with Gasteiger partial charge in [0.05, 0.1) is 0 Å². The molecule has 0 aliphatic heterocycles. The number of fused-ring (bicyclic) bond motifs is 1. The van der Waals surface area contributed by atoms with Gasteiger partial charge in [-0.15, -0.1) is 0 Å². The molecule has 1 radical (unpaired) electrons. The fraction of sp³-hybridized carbons (Fsp3) is 0.545. The summed E-state index contributed by atoms with van der Waals surface area (Å²) in [6.45, 7) is 13.2. The first kappa shape index (κ1) is 32.2. The van der Waals surface area contributed by atoms with Crippen LogP contribution in [0.2, 0.25) is 13.8 Å². The minimum Gasteiger partial charge on any atom is -0.0616 e. The van der Waals surface area contributed by atoms with E-state index in [1.807, 2.05) is 0 Å². The number of benzene rings is 2. The largest absolute Gasteiger partial charge is 0.0616 e. The third kappa shape index (κ3) is 27.7. The van der Waals surface area contributed by atoms with Gasteiger partial charge in [-0.25, -0.2) is 0 Å². The Bertz CT molecular complexity index is 449. The van der Waals surface area contributed by atoms with Crippen LogP contribution in [0.1, 0.15) is 60.8 Å². The van der Waals surface area contributed by atoms with Crippen molar-refractivity contribution < 1.29 is 0 Å². The zero-order valence-corrected chi connectivity index (χ0v) is 21.5. The quantitative estimate of drug-likeness (QED) is 0.552. The summed E-state index contributed by atoms with van der Waals surface area (Å²) in [5.74, 6) is 0. The average molecular weight is 343 g/mol. The molecule has 0 aromatic heterocycles. The molecule has 0 amide bonds. The number of unbranched alkanes of at least 4 members (excludes halogenated alkanes) is 1. The summed E-state index contributed by atoms with van der Waals surface area (Å²) in [6, 6.07) is 16.7. The van der Waals surface area contributed by atoms with Gasteiger partial charge in [0.25, 0.3) is 0 Å². The van der Waals surface area contributed by atoms with Gasteiger partial charge in [-0.1, -0.05) is 48.5 Å². The molecule has 0 nitrogen and oxygen atoms in total. The van der Waals surface area contributed by atoms with Crippen molar-refractivity contribution in [3.63, 3.8) is 0 Å². The van der Waals surface area contributed by atoms with Crippen LogP contribution in [-0.4, -0.2) is 82.7 Å². The first-order valence-electron chi connectivity index (χ1n) is 10.1. The Hall–Kier alpha value is 1.49. The van der Waals surface area contributed by atoms with E-state index in [9.17, 15) is 0 Å². The molecule has 0 saturated heterocycles. The third-order valence-electron chi connectivity index (χ3n) is 3.18. The molecule has 0 aliphatic rings. The molecule has 0 bridgehead atoms. The van der Waals surface area contributed by atoms with Crippen LogP contribution in [0, 0.1) is 0 Å². The minimum absolute atomic E-state index is 0. The predicted octanol–water partition coefficient (Wildman–Crippen LogP) is 6.58. The average Bonchev–Trinajstić information content (AvgIpc) is 2.55. The summed E-state index contributed by atoms with van der Waals surface area (Å²) in [7, 11) is 0. The van der Waals surface area contributed by atoms with Gasteiger partial charge in [-0.3, -0.25) is 0 Å². The monoisotopic (exact) mass is 343 g/mol. The van der Waals surface area contributed by atoms with Gasteiger partial charge >= 0.3 is 128 Å². The van der Waals surface area contributed by atoms with Gasteiger partial charge in [-0.05, 0) is 10.8 Å². The number of hydrogen-bond acceptors (Lipinski definition) is 0. The van der Waals surface area contributed by atoms with E-state index in [2.05, 4.69) is 143 Å². The van der Waals surface area contributed by atoms with Crippen molar-refractivity contribution in [1.29, 1.82) is 0 Å². The SMILES string of the molecule is [Li][CH2]CCC.[Li][CH](C)CC.[Li][C](C)(C)C.[Na].c1ccc2ccccc2c1. The Kier molecular flexibility index (Phi) is 26.2. The van der Waals surface area contributed by atoms with Crippen molar-refractivity contribution in [3.8, 4) is 0 Å². The Balaban J connectivity index is -0.000000290. The zero-order chi connectivity index (χ0) is 19.7. The van der Waals surface area contributed by atoms with Crippen LogP contribution >= 0.6 is 0 Å². The molecule has 0 heterocycles. The molecule has 0 aliphatic carbocycles. The molecule has 4 heteroatoms. The maximum atomic E-state index is 2.22. The fourth-order valence-electron chi connectivity index (χ4n) is 1.49. The van der Waals surface area contributed by atoms with E-state index in [-0.39, 0.29) is 29.6 Å². The third-order valence-corrected chi connectivity index (χ3v) is 3.18. The summed E-state index contributed by atoms with van der Waals surface area (Å²) in [6.07, 6.45) is 4.04. The van der Waals surface area contributed by atoms with Crippen LogP contribution in [0.25, 0.3) is 10.8 Å². The smallest absolute Gasteiger partial charge is 0 e. The van der Waals surface area contributed by atoms with E-state index in [0.29, 0.717) is 4.09 Å². The van der Waals surface area contributed by atoms with Crippen molar-refractivity contribution in [2.75, 3.05) is 0 Å². The molecule has 2 aromatic carbocycles. The molecule has 2 rings (SSSR count). The van der Waals surface area contributed by atoms with E-state index in [4.69, 9.17) is 0 Å². The van der Waals surface area contributed by atoms with Crippen LogP contribution < -0.4 is 0 Å². The summed E-state index contributed by atoms with van der Waals surface area (Å²) < 4.78 is 1.38. The van der Waals surface area contributed by atoms with Crippen LogP contribution in [-0.2, 0) is 0 Å². The Labute approximate surface area is 214 Å². The molecule has 127 valence electrons. The van der Waals surface area contributed by atoms with Gasteiger partial charge in [-0.2, -0.15) is 0 Å². The summed E-state index contributed by atoms with van der Waals surface area (Å²) >= 11 is 6.62. The van der Waals surface area contributed by atoms with E-state index in [1.54, 1.807) is 0 Å². The van der Waals surface area contributed by atoms with Crippen LogP contribution in [0.5, 0.6) is 0 Å². The van der Waals surface area contributed by atoms with E-state index >= 15 is 0 Å². The van der Waals surface area contributed by atoms with Crippen molar-refractivity contribution >= 4 is 93.5 Å². The normalized spacial score (nSPS) is 10.8. The molecule has 1 unspecified atom stereocenters. The second kappa shape index (κ2) is 21.2. The van der Waals surface area contributed by atoms with Gasteiger partial charge in [0.15, 0.2) is 0 Å². The summed E-state index contributed by atoms with van der Waals surface area (Å²) in [5.41, 5.74) is 0. The molecule has 0 saturated carbocycles. The van der Waals surface area contributed by atoms with Crippen molar-refractivity contribution in [2.45, 2.75) is 74.6 Å². The van der Waals surface area contributed by atoms with Crippen molar-refractivity contribution in [1.82, 2.24) is 0 Å². The minimum atomic E-state index is 0. The van der Waals surface area contributed by atoms with Crippen LogP contribution in [0.3, 0.4) is 0 Å². The molecule has 2 aromatic rings. The van der Waals surface area contributed by atoms with Crippen LogP contribution in [0.15, 0.2) is 48.5 Å². The summed E-state index contributed by atoms with van der Waals surface area (Å²) in [4.78, 5) is 0. The van der Waals surface area contributed by atoms with E-state index in [0.717, 1.165) is 4.59 Å². The summed E-state index contributed by atoms with van der Waals surface area (Å²) in [5, 5.41) is 3.96. The molecule has 0 spiro atoms. The topological polar surface area (TPSA) is 0 Å². The maximum absolute atomic E-state index is 2.22. The van der Waals surface area contributed by atoms with Gasteiger partial charge in [0, 0.05) is 29.6 Å². The maximum Gasteiger partial charge on any atom is 0 e. The molecular formula is C22H35Li3Na. The van der Waals surface area contributed by atoms with Crippen molar-refractivity contribution in [3.05, 3.63) is 48.5 Å². The second-order valence-electron chi connectivity index (χ2n) is 8.50. The fourth-order valence-corrected chi connectivity index (χ4v) is 1.49. The Morgan fingerprint density at radius 1 is 0.885 bits per heavy atom. The molecule has 26 heavy (non-hydrogen) atoms. The van der Waals surface area contributed by atoms with Gasteiger partial charge in [0.1, 0.15) is 0 Å². The van der Waals surface area contributed by atoms with E-state index < -0.39 is 0 Å². The first-order chi connectivity index (χ1) is 11.7. The molecule has 0 N–H and O–H groups in total. The second-order valence-corrected chi connectivity index (χ2v) is 8.50. The molecular weight excluding hydrogens is 308 g/mol. The zero-order valence-electron chi connectivity index (χ0n) is 19.5. The number of hydrogen-bond donors (Lipinski definition) is 0. The standard InChI is InChI=1S/C10H8.3C4H9.3Li.Na/c1-2-6-10-8-4-3-7-9(10)5-1;1-4(2)3;2*1-3-4-2;;;;/h1-8H;1-3H3;3H,4H2,1-2H3;1,3-4H2,2H3;;;;. The predicted molar refractivity (Wildman–Crippen MR) is 126 cm³/mol. The Morgan fingerprint density at radius 2 is 1.15 bits per heavy atom. The van der Waals surface area contributed by atoms with Gasteiger partial charge < -0.3 is 0 Å². The van der Waals surface area contributed by atoms with E-state index in [1.165, 1.54) is 35.1 Å². The van der Waals surface area contributed by atoms with Crippen LogP contribution in [0.4, 0.5) is 0 Å². The van der Waals surface area contributed by atoms with Gasteiger partial charge in [0.2, 0.25) is 0 Å². The molecule has 0 fully saturated rings. The molecule has 1 atom stereocenters. The Morgan fingerprint density at radius 3 is 1.27 bits per heavy atom. The number of rotatable bonds is 3. The first-order valence-corrected chi connectivity index (χ1v) is 10.1.